The van der Waals surface area contributed by atoms with Crippen molar-refractivity contribution in [3.63, 3.8) is 0 Å². The Balaban J connectivity index is 1.35. The van der Waals surface area contributed by atoms with Crippen LogP contribution in [0.25, 0.3) is 0 Å². The third-order valence-corrected chi connectivity index (χ3v) is 5.49. The van der Waals surface area contributed by atoms with Crippen molar-refractivity contribution in [2.24, 2.45) is 0 Å². The minimum absolute atomic E-state index is 0.0374. The minimum atomic E-state index is 0.0374. The Kier molecular flexibility index (Phi) is 4.98. The Bertz CT molecular complexity index is 772. The molecule has 1 saturated heterocycles. The number of carbonyl (C=O) groups is 1. The first-order valence-corrected chi connectivity index (χ1v) is 9.58. The van der Waals surface area contributed by atoms with E-state index in [4.69, 9.17) is 11.6 Å². The molecule has 6 heteroatoms. The third-order valence-electron chi connectivity index (χ3n) is 5.27. The lowest BCUT2D eigenvalue weighted by atomic mass is 9.88. The van der Waals surface area contributed by atoms with E-state index < -0.39 is 0 Å². The highest BCUT2D eigenvalue weighted by molar-refractivity contribution is 6.30. The summed E-state index contributed by atoms with van der Waals surface area (Å²) in [5.74, 6) is 0.913. The van der Waals surface area contributed by atoms with E-state index in [0.717, 1.165) is 38.2 Å². The standard InChI is InChI=1S/C20H23ClN4O/c21-16-8-9-19(22-14-16)24-10-12-25(13-11-24)20(26)23-18-7-3-5-15-4-1-2-6-17(15)18/h1-2,4,6,8-9,14,18H,3,5,7,10-13H2,(H,23,26)/t18-/m0/s1. The summed E-state index contributed by atoms with van der Waals surface area (Å²) in [6.45, 7) is 2.96. The van der Waals surface area contributed by atoms with Gasteiger partial charge in [0.05, 0.1) is 11.1 Å². The Hall–Kier alpha value is -2.27. The van der Waals surface area contributed by atoms with Crippen molar-refractivity contribution in [2.45, 2.75) is 25.3 Å². The Morgan fingerprint density at radius 2 is 1.92 bits per heavy atom. The van der Waals surface area contributed by atoms with E-state index >= 15 is 0 Å². The maximum absolute atomic E-state index is 12.7. The highest BCUT2D eigenvalue weighted by Crippen LogP contribution is 2.29. The second-order valence-corrected chi connectivity index (χ2v) is 7.34. The average molecular weight is 371 g/mol. The van der Waals surface area contributed by atoms with E-state index in [-0.39, 0.29) is 12.1 Å². The molecule has 136 valence electrons. The smallest absolute Gasteiger partial charge is 0.318 e. The van der Waals surface area contributed by atoms with Crippen LogP contribution in [0.5, 0.6) is 0 Å². The summed E-state index contributed by atoms with van der Waals surface area (Å²) >= 11 is 5.90. The molecule has 0 bridgehead atoms. The van der Waals surface area contributed by atoms with Crippen LogP contribution < -0.4 is 10.2 Å². The summed E-state index contributed by atoms with van der Waals surface area (Å²) in [5, 5.41) is 3.88. The van der Waals surface area contributed by atoms with Crippen molar-refractivity contribution in [3.05, 3.63) is 58.7 Å². The van der Waals surface area contributed by atoms with Crippen molar-refractivity contribution in [3.8, 4) is 0 Å². The molecule has 2 amide bonds. The maximum Gasteiger partial charge on any atom is 0.318 e. The van der Waals surface area contributed by atoms with E-state index in [1.54, 1.807) is 6.20 Å². The number of aryl methyl sites for hydroxylation is 1. The molecule has 5 nitrogen and oxygen atoms in total. The van der Waals surface area contributed by atoms with E-state index in [9.17, 15) is 4.79 Å². The van der Waals surface area contributed by atoms with Gasteiger partial charge >= 0.3 is 6.03 Å². The molecule has 4 rings (SSSR count). The van der Waals surface area contributed by atoms with Crippen LogP contribution in [-0.2, 0) is 6.42 Å². The monoisotopic (exact) mass is 370 g/mol. The molecule has 26 heavy (non-hydrogen) atoms. The number of pyridine rings is 1. The molecule has 1 aromatic heterocycles. The topological polar surface area (TPSA) is 48.5 Å². The van der Waals surface area contributed by atoms with Crippen LogP contribution in [0.15, 0.2) is 42.6 Å². The zero-order valence-corrected chi connectivity index (χ0v) is 15.5. The zero-order valence-electron chi connectivity index (χ0n) is 14.7. The lowest BCUT2D eigenvalue weighted by Crippen LogP contribution is -2.52. The van der Waals surface area contributed by atoms with E-state index in [0.29, 0.717) is 18.1 Å². The Morgan fingerprint density at radius 3 is 2.69 bits per heavy atom. The molecule has 0 radical (unpaired) electrons. The number of aromatic nitrogens is 1. The lowest BCUT2D eigenvalue weighted by molar-refractivity contribution is 0.189. The van der Waals surface area contributed by atoms with Gasteiger partial charge in [-0.25, -0.2) is 9.78 Å². The summed E-state index contributed by atoms with van der Waals surface area (Å²) in [6, 6.07) is 12.4. The predicted molar refractivity (Wildman–Crippen MR) is 104 cm³/mol. The summed E-state index contributed by atoms with van der Waals surface area (Å²) in [6.07, 6.45) is 4.90. The number of anilines is 1. The highest BCUT2D eigenvalue weighted by atomic mass is 35.5. The Labute approximate surface area is 159 Å². The van der Waals surface area contributed by atoms with E-state index in [1.807, 2.05) is 17.0 Å². The summed E-state index contributed by atoms with van der Waals surface area (Å²) in [4.78, 5) is 21.2. The van der Waals surface area contributed by atoms with Gasteiger partial charge in [-0.15, -0.1) is 0 Å². The number of benzene rings is 1. The third kappa shape index (κ3) is 3.63. The highest BCUT2D eigenvalue weighted by Gasteiger charge is 2.26. The molecule has 0 saturated carbocycles. The SMILES string of the molecule is O=C(N[C@H]1CCCc2ccccc21)N1CCN(c2ccc(Cl)cn2)CC1. The summed E-state index contributed by atoms with van der Waals surface area (Å²) < 4.78 is 0. The molecule has 2 aromatic rings. The first kappa shape index (κ1) is 17.2. The second kappa shape index (κ2) is 7.54. The maximum atomic E-state index is 12.7. The largest absolute Gasteiger partial charge is 0.353 e. The number of hydrogen-bond donors (Lipinski definition) is 1. The van der Waals surface area contributed by atoms with Crippen LogP contribution in [0.4, 0.5) is 10.6 Å². The summed E-state index contributed by atoms with van der Waals surface area (Å²) in [5.41, 5.74) is 2.64. The lowest BCUT2D eigenvalue weighted by Gasteiger charge is -2.36. The van der Waals surface area contributed by atoms with Crippen LogP contribution in [0, 0.1) is 0 Å². The second-order valence-electron chi connectivity index (χ2n) is 6.90. The fourth-order valence-corrected chi connectivity index (χ4v) is 3.95. The van der Waals surface area contributed by atoms with Gasteiger partial charge in [0.25, 0.3) is 0 Å². The van der Waals surface area contributed by atoms with Gasteiger partial charge in [0.15, 0.2) is 0 Å². The van der Waals surface area contributed by atoms with E-state index in [1.165, 1.54) is 11.1 Å². The molecule has 1 aliphatic heterocycles. The van der Waals surface area contributed by atoms with Crippen LogP contribution in [0.2, 0.25) is 5.02 Å². The molecular weight excluding hydrogens is 348 g/mol. The van der Waals surface area contributed by atoms with Crippen molar-refractivity contribution < 1.29 is 4.79 Å². The van der Waals surface area contributed by atoms with Gasteiger partial charge in [-0.3, -0.25) is 0 Å². The molecule has 0 unspecified atom stereocenters. The van der Waals surface area contributed by atoms with Gasteiger partial charge in [0, 0.05) is 32.4 Å². The zero-order chi connectivity index (χ0) is 17.9. The number of amides is 2. The number of fused-ring (bicyclic) bond motifs is 1. The average Bonchev–Trinajstić information content (AvgIpc) is 2.69. The first-order valence-electron chi connectivity index (χ1n) is 9.20. The van der Waals surface area contributed by atoms with Gasteiger partial charge < -0.3 is 15.1 Å². The quantitative estimate of drug-likeness (QED) is 0.877. The van der Waals surface area contributed by atoms with Gasteiger partial charge in [-0.05, 0) is 42.5 Å². The van der Waals surface area contributed by atoms with Crippen molar-refractivity contribution in [1.82, 2.24) is 15.2 Å². The van der Waals surface area contributed by atoms with Gasteiger partial charge in [0.1, 0.15) is 5.82 Å². The first-order chi connectivity index (χ1) is 12.7. The molecular formula is C20H23ClN4O. The van der Waals surface area contributed by atoms with Crippen molar-refractivity contribution in [1.29, 1.82) is 0 Å². The van der Waals surface area contributed by atoms with E-state index in [2.05, 4.69) is 39.5 Å². The molecule has 1 atom stereocenters. The number of urea groups is 1. The number of piperazine rings is 1. The number of rotatable bonds is 2. The van der Waals surface area contributed by atoms with Crippen molar-refractivity contribution in [2.75, 3.05) is 31.1 Å². The molecule has 0 spiro atoms. The Morgan fingerprint density at radius 1 is 1.12 bits per heavy atom. The number of carbonyl (C=O) groups excluding carboxylic acids is 1. The van der Waals surface area contributed by atoms with Crippen LogP contribution in [0.1, 0.15) is 30.0 Å². The number of nitrogens with zero attached hydrogens (tertiary/aromatic N) is 3. The minimum Gasteiger partial charge on any atom is -0.353 e. The number of halogens is 1. The molecule has 2 heterocycles. The van der Waals surface area contributed by atoms with Crippen LogP contribution in [-0.4, -0.2) is 42.1 Å². The molecule has 1 aromatic carbocycles. The predicted octanol–water partition coefficient (Wildman–Crippen LogP) is 3.64. The fraction of sp³-hybridized carbons (Fsp3) is 0.400. The van der Waals surface area contributed by atoms with Crippen LogP contribution >= 0.6 is 11.6 Å². The molecule has 1 aliphatic carbocycles. The summed E-state index contributed by atoms with van der Waals surface area (Å²) in [7, 11) is 0. The fourth-order valence-electron chi connectivity index (χ4n) is 3.84. The normalized spacial score (nSPS) is 19.8. The molecule has 1 N–H and O–H groups in total. The molecule has 2 aliphatic rings. The van der Waals surface area contributed by atoms with Gasteiger partial charge in [-0.1, -0.05) is 35.9 Å². The van der Waals surface area contributed by atoms with Gasteiger partial charge in [-0.2, -0.15) is 0 Å². The number of nitrogens with one attached hydrogen (secondary N) is 1. The molecule has 1 fully saturated rings. The van der Waals surface area contributed by atoms with Crippen LogP contribution in [0.3, 0.4) is 0 Å². The van der Waals surface area contributed by atoms with Gasteiger partial charge in [0.2, 0.25) is 0 Å². The van der Waals surface area contributed by atoms with Crippen molar-refractivity contribution >= 4 is 23.4 Å². The number of hydrogen-bond acceptors (Lipinski definition) is 3.